The number of anilines is 1. The topological polar surface area (TPSA) is 41.1 Å². The predicted molar refractivity (Wildman–Crippen MR) is 97.3 cm³/mol. The molecule has 0 aromatic heterocycles. The van der Waals surface area contributed by atoms with Crippen molar-refractivity contribution in [3.8, 4) is 0 Å². The van der Waals surface area contributed by atoms with Gasteiger partial charge in [-0.3, -0.25) is 4.79 Å². The molecule has 2 aromatic carbocycles. The van der Waals surface area contributed by atoms with Gasteiger partial charge in [-0.05, 0) is 42.7 Å². The molecule has 0 radical (unpaired) electrons. The summed E-state index contributed by atoms with van der Waals surface area (Å²) in [5.41, 5.74) is 3.75. The second-order valence-electron chi connectivity index (χ2n) is 5.51. The van der Waals surface area contributed by atoms with Crippen LogP contribution in [-0.4, -0.2) is 12.5 Å². The van der Waals surface area contributed by atoms with Crippen LogP contribution in [0, 0.1) is 13.8 Å². The van der Waals surface area contributed by atoms with Gasteiger partial charge in [-0.15, -0.1) is 0 Å². The highest BCUT2D eigenvalue weighted by atomic mass is 35.5. The molecule has 2 rings (SSSR count). The summed E-state index contributed by atoms with van der Waals surface area (Å²) in [4.78, 5) is 12.0. The average Bonchev–Trinajstić information content (AvgIpc) is 2.49. The lowest BCUT2D eigenvalue weighted by molar-refractivity contribution is -0.116. The fourth-order valence-electron chi connectivity index (χ4n) is 2.34. The lowest BCUT2D eigenvalue weighted by Crippen LogP contribution is -2.22. The van der Waals surface area contributed by atoms with E-state index < -0.39 is 0 Å². The Kier molecular flexibility index (Phi) is 6.46. The summed E-state index contributed by atoms with van der Waals surface area (Å²) >= 11 is 12.3. The smallest absolute Gasteiger partial charge is 0.225 e. The first-order chi connectivity index (χ1) is 11.0. The number of carbonyl (C=O) groups excluding carboxylic acids is 1. The summed E-state index contributed by atoms with van der Waals surface area (Å²) in [6, 6.07) is 11.5. The molecular weight excluding hydrogens is 331 g/mol. The van der Waals surface area contributed by atoms with Gasteiger partial charge in [-0.25, -0.2) is 0 Å². The van der Waals surface area contributed by atoms with E-state index in [1.165, 1.54) is 0 Å². The van der Waals surface area contributed by atoms with Crippen molar-refractivity contribution >= 4 is 34.8 Å². The number of hydrogen-bond acceptors (Lipinski definition) is 2. The molecule has 0 atom stereocenters. The Morgan fingerprint density at radius 1 is 1.09 bits per heavy atom. The molecular formula is C18H20Cl2N2O. The van der Waals surface area contributed by atoms with Gasteiger partial charge in [0.05, 0.1) is 10.7 Å². The zero-order valence-corrected chi connectivity index (χ0v) is 14.8. The standard InChI is InChI=1S/C18H20Cl2N2O/c1-12-9-13(2)18(16(20)10-12)22-17(23)7-8-21-11-14-5-3-4-6-15(14)19/h3-6,9-10,21H,7-8,11H2,1-2H3,(H,22,23). The number of carbonyl (C=O) groups is 1. The van der Waals surface area contributed by atoms with E-state index in [2.05, 4.69) is 10.6 Å². The molecule has 0 saturated carbocycles. The molecule has 5 heteroatoms. The Morgan fingerprint density at radius 2 is 1.83 bits per heavy atom. The minimum absolute atomic E-state index is 0.0643. The zero-order chi connectivity index (χ0) is 16.8. The monoisotopic (exact) mass is 350 g/mol. The number of amides is 1. The van der Waals surface area contributed by atoms with Crippen LogP contribution in [0.15, 0.2) is 36.4 Å². The fraction of sp³-hybridized carbons (Fsp3) is 0.278. The van der Waals surface area contributed by atoms with Gasteiger partial charge in [-0.2, -0.15) is 0 Å². The van der Waals surface area contributed by atoms with Gasteiger partial charge in [0.1, 0.15) is 0 Å². The first-order valence-corrected chi connectivity index (χ1v) is 8.23. The zero-order valence-electron chi connectivity index (χ0n) is 13.2. The number of rotatable bonds is 6. The van der Waals surface area contributed by atoms with Crippen molar-refractivity contribution in [2.75, 3.05) is 11.9 Å². The number of nitrogens with one attached hydrogen (secondary N) is 2. The average molecular weight is 351 g/mol. The highest BCUT2D eigenvalue weighted by Crippen LogP contribution is 2.27. The van der Waals surface area contributed by atoms with Gasteiger partial charge in [-0.1, -0.05) is 47.5 Å². The molecule has 0 aliphatic rings. The molecule has 2 N–H and O–H groups in total. The van der Waals surface area contributed by atoms with Crippen molar-refractivity contribution in [3.63, 3.8) is 0 Å². The molecule has 0 spiro atoms. The van der Waals surface area contributed by atoms with Crippen LogP contribution < -0.4 is 10.6 Å². The van der Waals surface area contributed by atoms with E-state index in [0.717, 1.165) is 21.7 Å². The number of aryl methyl sites for hydroxylation is 2. The molecule has 0 aliphatic heterocycles. The third-order valence-electron chi connectivity index (χ3n) is 3.50. The lowest BCUT2D eigenvalue weighted by atomic mass is 10.1. The maximum absolute atomic E-state index is 12.0. The van der Waals surface area contributed by atoms with E-state index in [-0.39, 0.29) is 5.91 Å². The minimum atomic E-state index is -0.0643. The highest BCUT2D eigenvalue weighted by Gasteiger charge is 2.09. The van der Waals surface area contributed by atoms with Crippen LogP contribution in [0.4, 0.5) is 5.69 Å². The summed E-state index contributed by atoms with van der Waals surface area (Å²) in [6.45, 7) is 5.12. The first-order valence-electron chi connectivity index (χ1n) is 7.48. The van der Waals surface area contributed by atoms with Crippen LogP contribution in [0.5, 0.6) is 0 Å². The van der Waals surface area contributed by atoms with Gasteiger partial charge >= 0.3 is 0 Å². The van der Waals surface area contributed by atoms with Gasteiger partial charge in [0, 0.05) is 24.5 Å². The summed E-state index contributed by atoms with van der Waals surface area (Å²) in [5.74, 6) is -0.0643. The summed E-state index contributed by atoms with van der Waals surface area (Å²) < 4.78 is 0. The molecule has 0 saturated heterocycles. The largest absolute Gasteiger partial charge is 0.325 e. The van der Waals surface area contributed by atoms with Crippen LogP contribution in [0.2, 0.25) is 10.0 Å². The van der Waals surface area contributed by atoms with Gasteiger partial charge in [0.15, 0.2) is 0 Å². The maximum Gasteiger partial charge on any atom is 0.225 e. The Morgan fingerprint density at radius 3 is 2.52 bits per heavy atom. The van der Waals surface area contributed by atoms with E-state index in [1.54, 1.807) is 0 Å². The summed E-state index contributed by atoms with van der Waals surface area (Å²) in [5, 5.41) is 7.40. The van der Waals surface area contributed by atoms with Crippen molar-refractivity contribution in [2.24, 2.45) is 0 Å². The van der Waals surface area contributed by atoms with Crippen LogP contribution in [-0.2, 0) is 11.3 Å². The first kappa shape index (κ1) is 17.8. The third-order valence-corrected chi connectivity index (χ3v) is 4.17. The summed E-state index contributed by atoms with van der Waals surface area (Å²) in [7, 11) is 0. The minimum Gasteiger partial charge on any atom is -0.325 e. The Balaban J connectivity index is 1.81. The van der Waals surface area contributed by atoms with E-state index in [0.29, 0.717) is 30.2 Å². The highest BCUT2D eigenvalue weighted by molar-refractivity contribution is 6.34. The molecule has 0 bridgehead atoms. The second kappa shape index (κ2) is 8.34. The normalized spacial score (nSPS) is 10.6. The van der Waals surface area contributed by atoms with E-state index >= 15 is 0 Å². The van der Waals surface area contributed by atoms with Crippen LogP contribution in [0.1, 0.15) is 23.1 Å². The van der Waals surface area contributed by atoms with Crippen molar-refractivity contribution in [2.45, 2.75) is 26.8 Å². The predicted octanol–water partition coefficient (Wildman–Crippen LogP) is 4.73. The van der Waals surface area contributed by atoms with Gasteiger partial charge < -0.3 is 10.6 Å². The number of hydrogen-bond donors (Lipinski definition) is 2. The van der Waals surface area contributed by atoms with Crippen LogP contribution >= 0.6 is 23.2 Å². The second-order valence-corrected chi connectivity index (χ2v) is 6.32. The summed E-state index contributed by atoms with van der Waals surface area (Å²) in [6.07, 6.45) is 0.369. The molecule has 3 nitrogen and oxygen atoms in total. The fourth-order valence-corrected chi connectivity index (χ4v) is 2.91. The van der Waals surface area contributed by atoms with Gasteiger partial charge in [0.2, 0.25) is 5.91 Å². The Bertz CT molecular complexity index is 678. The lowest BCUT2D eigenvalue weighted by Gasteiger charge is -2.12. The third kappa shape index (κ3) is 5.24. The maximum atomic E-state index is 12.0. The van der Waals surface area contributed by atoms with E-state index in [9.17, 15) is 4.79 Å². The van der Waals surface area contributed by atoms with E-state index in [1.807, 2.05) is 50.2 Å². The van der Waals surface area contributed by atoms with Crippen molar-refractivity contribution in [3.05, 3.63) is 63.1 Å². The van der Waals surface area contributed by atoms with Gasteiger partial charge in [0.25, 0.3) is 0 Å². The van der Waals surface area contributed by atoms with Crippen LogP contribution in [0.3, 0.4) is 0 Å². The van der Waals surface area contributed by atoms with Crippen LogP contribution in [0.25, 0.3) is 0 Å². The Hall–Kier alpha value is -1.55. The molecule has 1 amide bonds. The Labute approximate surface area is 147 Å². The number of benzene rings is 2. The van der Waals surface area contributed by atoms with Crippen molar-refractivity contribution < 1.29 is 4.79 Å². The number of halogens is 2. The molecule has 0 unspecified atom stereocenters. The van der Waals surface area contributed by atoms with E-state index in [4.69, 9.17) is 23.2 Å². The molecule has 122 valence electrons. The molecule has 23 heavy (non-hydrogen) atoms. The van der Waals surface area contributed by atoms with Crippen molar-refractivity contribution in [1.29, 1.82) is 0 Å². The SMILES string of the molecule is Cc1cc(C)c(NC(=O)CCNCc2ccccc2Cl)c(Cl)c1. The molecule has 0 fully saturated rings. The molecule has 2 aromatic rings. The molecule has 0 aliphatic carbocycles. The van der Waals surface area contributed by atoms with Crippen molar-refractivity contribution in [1.82, 2.24) is 5.32 Å². The molecule has 0 heterocycles. The quantitative estimate of drug-likeness (QED) is 0.739.